The molecule has 1 aliphatic heterocycles. The molecule has 124 valence electrons. The quantitative estimate of drug-likeness (QED) is 0.835. The third-order valence-electron chi connectivity index (χ3n) is 7.03. The van der Waals surface area contributed by atoms with Crippen LogP contribution >= 0.6 is 0 Å². The van der Waals surface area contributed by atoms with Crippen molar-refractivity contribution in [1.29, 1.82) is 0 Å². The summed E-state index contributed by atoms with van der Waals surface area (Å²) in [7, 11) is 0. The van der Waals surface area contributed by atoms with Crippen molar-refractivity contribution in [3.8, 4) is 0 Å². The van der Waals surface area contributed by atoms with Gasteiger partial charge in [-0.15, -0.1) is 0 Å². The van der Waals surface area contributed by atoms with E-state index in [9.17, 15) is 4.79 Å². The van der Waals surface area contributed by atoms with Crippen LogP contribution in [0.3, 0.4) is 0 Å². The van der Waals surface area contributed by atoms with E-state index >= 15 is 0 Å². The number of fused-ring (bicyclic) bond motifs is 3. The van der Waals surface area contributed by atoms with Gasteiger partial charge in [0, 0.05) is 32.0 Å². The maximum absolute atomic E-state index is 12.9. The molecule has 3 aliphatic rings. The molecule has 2 bridgehead atoms. The molecular formula is C21H29NO. The monoisotopic (exact) mass is 311 g/mol. The fraction of sp³-hybridized carbons (Fsp3) is 0.667. The lowest BCUT2D eigenvalue weighted by atomic mass is 9.66. The lowest BCUT2D eigenvalue weighted by molar-refractivity contribution is -0.129. The maximum Gasteiger partial charge on any atom is 0.138 e. The van der Waals surface area contributed by atoms with E-state index in [0.29, 0.717) is 17.6 Å². The number of Topliss-reactive ketones (excluding diaryl/α,β-unsaturated/α-hetero) is 1. The van der Waals surface area contributed by atoms with Crippen LogP contribution in [-0.2, 0) is 17.8 Å². The summed E-state index contributed by atoms with van der Waals surface area (Å²) in [6, 6.07) is 8.75. The highest BCUT2D eigenvalue weighted by Gasteiger charge is 2.54. The molecule has 23 heavy (non-hydrogen) atoms. The van der Waals surface area contributed by atoms with E-state index in [1.54, 1.807) is 0 Å². The Morgan fingerprint density at radius 2 is 2.00 bits per heavy atom. The molecule has 0 spiro atoms. The summed E-state index contributed by atoms with van der Waals surface area (Å²) in [4.78, 5) is 15.4. The van der Waals surface area contributed by atoms with Crippen molar-refractivity contribution in [2.75, 3.05) is 13.1 Å². The van der Waals surface area contributed by atoms with E-state index < -0.39 is 0 Å². The highest BCUT2D eigenvalue weighted by molar-refractivity contribution is 5.83. The number of carbonyl (C=O) groups excluding carboxylic acids is 1. The first-order valence-corrected chi connectivity index (χ1v) is 9.37. The second-order valence-electron chi connectivity index (χ2n) is 8.58. The minimum absolute atomic E-state index is 0.245. The summed E-state index contributed by atoms with van der Waals surface area (Å²) in [6.45, 7) is 7.75. The van der Waals surface area contributed by atoms with E-state index in [-0.39, 0.29) is 5.41 Å². The predicted octanol–water partition coefficient (Wildman–Crippen LogP) is 4.08. The standard InChI is InChI=1S/C21H29NO/c1-21(2)18-8-7-16(13-18)20(21)19(23)10-12-22-11-9-15-5-3-4-6-17(15)14-22/h3-6,16,18,20H,7-14H2,1-2H3/t16-,18+,20+/m0/s1. The molecule has 2 heteroatoms. The molecule has 0 amide bonds. The number of benzene rings is 1. The summed E-state index contributed by atoms with van der Waals surface area (Å²) in [5.41, 5.74) is 3.19. The van der Waals surface area contributed by atoms with Gasteiger partial charge in [0.25, 0.3) is 0 Å². The smallest absolute Gasteiger partial charge is 0.138 e. The first-order chi connectivity index (χ1) is 11.1. The molecule has 2 saturated carbocycles. The predicted molar refractivity (Wildman–Crippen MR) is 93.1 cm³/mol. The van der Waals surface area contributed by atoms with Crippen LogP contribution in [0.4, 0.5) is 0 Å². The molecule has 2 aliphatic carbocycles. The van der Waals surface area contributed by atoms with Crippen LogP contribution in [0.25, 0.3) is 0 Å². The Labute approximate surface area is 140 Å². The van der Waals surface area contributed by atoms with Crippen molar-refractivity contribution in [3.63, 3.8) is 0 Å². The van der Waals surface area contributed by atoms with Crippen LogP contribution < -0.4 is 0 Å². The van der Waals surface area contributed by atoms with Gasteiger partial charge in [0.1, 0.15) is 5.78 Å². The number of ketones is 1. The van der Waals surface area contributed by atoms with Gasteiger partial charge >= 0.3 is 0 Å². The maximum atomic E-state index is 12.9. The topological polar surface area (TPSA) is 20.3 Å². The largest absolute Gasteiger partial charge is 0.299 e. The molecule has 1 heterocycles. The van der Waals surface area contributed by atoms with Crippen LogP contribution in [0.2, 0.25) is 0 Å². The molecule has 1 aromatic rings. The van der Waals surface area contributed by atoms with Crippen LogP contribution in [0.15, 0.2) is 24.3 Å². The van der Waals surface area contributed by atoms with Crippen molar-refractivity contribution in [2.45, 2.75) is 52.5 Å². The minimum Gasteiger partial charge on any atom is -0.299 e. The Kier molecular flexibility index (Phi) is 3.84. The third-order valence-corrected chi connectivity index (χ3v) is 7.03. The summed E-state index contributed by atoms with van der Waals surface area (Å²) in [5, 5.41) is 0. The SMILES string of the molecule is CC1(C)[C@@H]2CC[C@@H](C2)[C@@H]1C(=O)CCN1CCc2ccccc2C1. The van der Waals surface area contributed by atoms with Gasteiger partial charge in [-0.3, -0.25) is 9.69 Å². The molecule has 0 saturated heterocycles. The van der Waals surface area contributed by atoms with Crippen molar-refractivity contribution in [2.24, 2.45) is 23.2 Å². The van der Waals surface area contributed by atoms with Gasteiger partial charge in [0.2, 0.25) is 0 Å². The van der Waals surface area contributed by atoms with Gasteiger partial charge < -0.3 is 0 Å². The Bertz CT molecular complexity index is 606. The molecule has 0 radical (unpaired) electrons. The van der Waals surface area contributed by atoms with Gasteiger partial charge in [-0.25, -0.2) is 0 Å². The third kappa shape index (κ3) is 2.65. The second kappa shape index (κ2) is 5.73. The number of carbonyl (C=O) groups is 1. The average molecular weight is 311 g/mol. The number of rotatable bonds is 4. The van der Waals surface area contributed by atoms with Crippen molar-refractivity contribution < 1.29 is 4.79 Å². The summed E-state index contributed by atoms with van der Waals surface area (Å²) < 4.78 is 0. The van der Waals surface area contributed by atoms with Crippen molar-refractivity contribution in [1.82, 2.24) is 4.90 Å². The van der Waals surface area contributed by atoms with E-state index in [4.69, 9.17) is 0 Å². The lowest BCUT2D eigenvalue weighted by Crippen LogP contribution is -2.38. The normalized spacial score (nSPS) is 32.0. The highest BCUT2D eigenvalue weighted by Crippen LogP contribution is 2.59. The Morgan fingerprint density at radius 3 is 2.74 bits per heavy atom. The molecule has 1 aromatic carbocycles. The number of hydrogen-bond acceptors (Lipinski definition) is 2. The Hall–Kier alpha value is -1.15. The van der Waals surface area contributed by atoms with Gasteiger partial charge in [0.05, 0.1) is 0 Å². The van der Waals surface area contributed by atoms with Gasteiger partial charge in [-0.05, 0) is 54.1 Å². The minimum atomic E-state index is 0.245. The molecule has 2 nitrogen and oxygen atoms in total. The lowest BCUT2D eigenvalue weighted by Gasteiger charge is -2.38. The molecule has 0 aromatic heterocycles. The Balaban J connectivity index is 1.36. The summed E-state index contributed by atoms with van der Waals surface area (Å²) in [5.74, 6) is 2.35. The molecule has 0 N–H and O–H groups in total. The van der Waals surface area contributed by atoms with Crippen LogP contribution in [0.5, 0.6) is 0 Å². The summed E-state index contributed by atoms with van der Waals surface area (Å²) >= 11 is 0. The van der Waals surface area contributed by atoms with Crippen molar-refractivity contribution in [3.05, 3.63) is 35.4 Å². The van der Waals surface area contributed by atoms with E-state index in [1.165, 1.54) is 30.4 Å². The summed E-state index contributed by atoms with van der Waals surface area (Å²) in [6.07, 6.45) is 5.83. The second-order valence-corrected chi connectivity index (χ2v) is 8.58. The molecule has 3 atom stereocenters. The zero-order chi connectivity index (χ0) is 16.0. The molecule has 4 rings (SSSR count). The van der Waals surface area contributed by atoms with E-state index in [2.05, 4.69) is 43.0 Å². The van der Waals surface area contributed by atoms with E-state index in [0.717, 1.165) is 38.4 Å². The first kappa shape index (κ1) is 15.4. The fourth-order valence-corrected chi connectivity index (χ4v) is 5.70. The molecule has 0 unspecified atom stereocenters. The average Bonchev–Trinajstić information content (AvgIpc) is 3.11. The molecule has 2 fully saturated rings. The van der Waals surface area contributed by atoms with Gasteiger partial charge in [-0.2, -0.15) is 0 Å². The number of nitrogens with zero attached hydrogens (tertiary/aromatic N) is 1. The zero-order valence-electron chi connectivity index (χ0n) is 14.6. The van der Waals surface area contributed by atoms with Crippen molar-refractivity contribution >= 4 is 5.78 Å². The highest BCUT2D eigenvalue weighted by atomic mass is 16.1. The number of hydrogen-bond donors (Lipinski definition) is 0. The fourth-order valence-electron chi connectivity index (χ4n) is 5.70. The molecular weight excluding hydrogens is 282 g/mol. The first-order valence-electron chi connectivity index (χ1n) is 9.37. The van der Waals surface area contributed by atoms with Gasteiger partial charge in [0.15, 0.2) is 0 Å². The van der Waals surface area contributed by atoms with E-state index in [1.807, 2.05) is 0 Å². The van der Waals surface area contributed by atoms with Gasteiger partial charge in [-0.1, -0.05) is 38.1 Å². The van der Waals surface area contributed by atoms with Crippen LogP contribution in [0, 0.1) is 23.2 Å². The van der Waals surface area contributed by atoms with Crippen LogP contribution in [-0.4, -0.2) is 23.8 Å². The zero-order valence-corrected chi connectivity index (χ0v) is 14.6. The Morgan fingerprint density at radius 1 is 1.22 bits per heavy atom. The van der Waals surface area contributed by atoms with Crippen LogP contribution in [0.1, 0.15) is 50.7 Å².